The Bertz CT molecular complexity index is 2060. The molecule has 0 aliphatic heterocycles. The van der Waals surface area contributed by atoms with Gasteiger partial charge < -0.3 is 9.68 Å². The van der Waals surface area contributed by atoms with Crippen molar-refractivity contribution in [3.05, 3.63) is 126 Å². The molecule has 0 unspecified atom stereocenters. The maximum atomic E-state index is 9.57. The van der Waals surface area contributed by atoms with Crippen molar-refractivity contribution in [2.45, 2.75) is 37.5 Å². The van der Waals surface area contributed by atoms with Crippen LogP contribution < -0.4 is 4.65 Å². The van der Waals surface area contributed by atoms with Crippen molar-refractivity contribution in [3.63, 3.8) is 0 Å². The molecule has 5 aliphatic rings. The molecule has 0 saturated heterocycles. The number of hydrogen-bond acceptors (Lipinski definition) is 2. The lowest BCUT2D eigenvalue weighted by Crippen LogP contribution is -2.55. The lowest BCUT2D eigenvalue weighted by Gasteiger charge is -2.61. The molecule has 4 bridgehead atoms. The van der Waals surface area contributed by atoms with Gasteiger partial charge in [0, 0.05) is 16.2 Å². The molecule has 11 rings (SSSR count). The van der Waals surface area contributed by atoms with E-state index in [1.165, 1.54) is 65.5 Å². The minimum Gasteiger partial charge on any atom is -0.537 e. The smallest absolute Gasteiger partial charge is 0.537 e. The number of rotatable bonds is 4. The quantitative estimate of drug-likeness (QED) is 0.166. The first-order chi connectivity index (χ1) is 22.2. The third kappa shape index (κ3) is 3.51. The van der Waals surface area contributed by atoms with E-state index >= 15 is 0 Å². The highest BCUT2D eigenvalue weighted by molar-refractivity contribution is 6.22. The normalized spacial score (nSPS) is 25.5. The predicted molar refractivity (Wildman–Crippen MR) is 184 cm³/mol. The number of benzene rings is 6. The molecule has 0 heterocycles. The van der Waals surface area contributed by atoms with Gasteiger partial charge in [0.1, 0.15) is 5.75 Å². The van der Waals surface area contributed by atoms with Crippen LogP contribution in [0.3, 0.4) is 0 Å². The molecule has 6 aromatic rings. The molecular weight excluding hydrogens is 547 g/mol. The van der Waals surface area contributed by atoms with Gasteiger partial charge in [0.25, 0.3) is 0 Å². The fourth-order valence-electron chi connectivity index (χ4n) is 10.7. The summed E-state index contributed by atoms with van der Waals surface area (Å²) in [6.45, 7) is 0. The van der Waals surface area contributed by atoms with E-state index < -0.39 is 0 Å². The highest BCUT2D eigenvalue weighted by Gasteiger charge is 2.61. The van der Waals surface area contributed by atoms with Crippen molar-refractivity contribution in [2.75, 3.05) is 0 Å². The van der Waals surface area contributed by atoms with Crippen LogP contribution in [0.2, 0.25) is 0 Å². The molecule has 217 valence electrons. The van der Waals surface area contributed by atoms with Crippen LogP contribution in [0.25, 0.3) is 54.9 Å². The molecule has 4 saturated carbocycles. The Hall–Kier alpha value is -4.34. The van der Waals surface area contributed by atoms with Crippen molar-refractivity contribution in [2.24, 2.45) is 23.7 Å². The van der Waals surface area contributed by atoms with Crippen molar-refractivity contribution in [1.82, 2.24) is 0 Å². The minimum absolute atomic E-state index is 0.183. The average Bonchev–Trinajstić information content (AvgIpc) is 3.37. The molecule has 3 heteroatoms. The SMILES string of the molecule is O[B]Oc1c2ccccc2c(-c2ccc(-c3ccc4c(c3)C3(c5ccccc5-4)C4CC5CC(C4)CC3C5)cc2)c2ccccc12. The Labute approximate surface area is 265 Å². The van der Waals surface area contributed by atoms with Crippen molar-refractivity contribution in [1.29, 1.82) is 0 Å². The van der Waals surface area contributed by atoms with E-state index in [1.807, 2.05) is 12.1 Å². The molecule has 1 spiro atoms. The van der Waals surface area contributed by atoms with Gasteiger partial charge in [-0.3, -0.25) is 0 Å². The van der Waals surface area contributed by atoms with Crippen molar-refractivity contribution in [3.8, 4) is 39.1 Å². The molecule has 0 aromatic heterocycles. The summed E-state index contributed by atoms with van der Waals surface area (Å²) in [4.78, 5) is 0. The molecule has 45 heavy (non-hydrogen) atoms. The zero-order valence-corrected chi connectivity index (χ0v) is 25.2. The fraction of sp³-hybridized carbons (Fsp3) is 0.238. The Morgan fingerprint density at radius 3 is 1.71 bits per heavy atom. The van der Waals surface area contributed by atoms with E-state index in [0.717, 1.165) is 52.9 Å². The number of hydrogen-bond donors (Lipinski definition) is 1. The molecule has 4 fully saturated rings. The second-order valence-corrected chi connectivity index (χ2v) is 14.1. The van der Waals surface area contributed by atoms with Gasteiger partial charge in [-0.15, -0.1) is 0 Å². The molecule has 2 nitrogen and oxygen atoms in total. The van der Waals surface area contributed by atoms with Gasteiger partial charge in [-0.2, -0.15) is 0 Å². The summed E-state index contributed by atoms with van der Waals surface area (Å²) in [5.41, 5.74) is 11.3. The van der Waals surface area contributed by atoms with Crippen LogP contribution in [0.15, 0.2) is 115 Å². The Morgan fingerprint density at radius 1 is 0.533 bits per heavy atom. The molecule has 0 atom stereocenters. The molecule has 1 N–H and O–H groups in total. The van der Waals surface area contributed by atoms with Gasteiger partial charge in [0.2, 0.25) is 0 Å². The van der Waals surface area contributed by atoms with Gasteiger partial charge >= 0.3 is 7.69 Å². The van der Waals surface area contributed by atoms with Crippen LogP contribution >= 0.6 is 0 Å². The maximum absolute atomic E-state index is 9.57. The van der Waals surface area contributed by atoms with E-state index in [1.54, 1.807) is 11.1 Å². The molecular formula is C42H34BO2. The Morgan fingerprint density at radius 2 is 1.07 bits per heavy atom. The van der Waals surface area contributed by atoms with E-state index in [0.29, 0.717) is 5.75 Å². The third-order valence-corrected chi connectivity index (χ3v) is 12.1. The summed E-state index contributed by atoms with van der Waals surface area (Å²) >= 11 is 0. The first-order valence-corrected chi connectivity index (χ1v) is 16.6. The van der Waals surface area contributed by atoms with E-state index in [2.05, 4.69) is 103 Å². The first kappa shape index (κ1) is 25.9. The molecule has 6 aromatic carbocycles. The monoisotopic (exact) mass is 581 g/mol. The largest absolute Gasteiger partial charge is 0.569 e. The lowest BCUT2D eigenvalue weighted by molar-refractivity contribution is -0.0399. The average molecular weight is 582 g/mol. The second kappa shape index (κ2) is 9.58. The minimum atomic E-state index is 0.183. The van der Waals surface area contributed by atoms with E-state index in [9.17, 15) is 5.02 Å². The van der Waals surface area contributed by atoms with Crippen LogP contribution in [-0.2, 0) is 5.41 Å². The third-order valence-electron chi connectivity index (χ3n) is 12.1. The first-order valence-electron chi connectivity index (χ1n) is 16.6. The van der Waals surface area contributed by atoms with E-state index in [-0.39, 0.29) is 5.41 Å². The molecule has 5 aliphatic carbocycles. The maximum Gasteiger partial charge on any atom is 0.569 e. The standard InChI is InChI=1S/C42H34BO2/c44-43-45-41-36-10-3-1-8-34(36)40(35-9-2-4-11-37(35)41)28-15-13-27(14-16-28)29-17-18-33-32-7-5-6-12-38(32)42(39(33)24-29)30-20-25-19-26(22-30)23-31(42)21-25/h1-18,24-26,30-31,44H,19-23H2. The van der Waals surface area contributed by atoms with Crippen LogP contribution in [-0.4, -0.2) is 12.7 Å². The number of fused-ring (bicyclic) bond motifs is 5. The summed E-state index contributed by atoms with van der Waals surface area (Å²) in [5, 5.41) is 13.8. The van der Waals surface area contributed by atoms with Crippen LogP contribution in [0, 0.1) is 23.7 Å². The van der Waals surface area contributed by atoms with Gasteiger partial charge in [0.05, 0.1) is 0 Å². The Kier molecular flexibility index (Phi) is 5.52. The Balaban J connectivity index is 1.11. The van der Waals surface area contributed by atoms with Gasteiger partial charge in [-0.05, 0) is 117 Å². The predicted octanol–water partition coefficient (Wildman–Crippen LogP) is 9.95. The van der Waals surface area contributed by atoms with E-state index in [4.69, 9.17) is 4.65 Å². The lowest BCUT2D eigenvalue weighted by atomic mass is 9.43. The van der Waals surface area contributed by atoms with Crippen molar-refractivity contribution < 1.29 is 9.68 Å². The zero-order chi connectivity index (χ0) is 29.7. The van der Waals surface area contributed by atoms with Crippen LogP contribution in [0.5, 0.6) is 5.75 Å². The zero-order valence-electron chi connectivity index (χ0n) is 25.2. The van der Waals surface area contributed by atoms with Gasteiger partial charge in [-0.25, -0.2) is 0 Å². The molecule has 0 amide bonds. The molecule has 1 radical (unpaired) electrons. The summed E-state index contributed by atoms with van der Waals surface area (Å²) in [7, 11) is 0.783. The van der Waals surface area contributed by atoms with Gasteiger partial charge in [0.15, 0.2) is 0 Å². The highest BCUT2D eigenvalue weighted by atomic mass is 16.5. The van der Waals surface area contributed by atoms with Gasteiger partial charge in [-0.1, -0.05) is 109 Å². The van der Waals surface area contributed by atoms with Crippen molar-refractivity contribution >= 4 is 29.2 Å². The fourth-order valence-corrected chi connectivity index (χ4v) is 10.7. The highest BCUT2D eigenvalue weighted by Crippen LogP contribution is 2.69. The van der Waals surface area contributed by atoms with Crippen LogP contribution in [0.4, 0.5) is 0 Å². The summed E-state index contributed by atoms with van der Waals surface area (Å²) in [6, 6.07) is 42.5. The topological polar surface area (TPSA) is 29.5 Å². The second-order valence-electron chi connectivity index (χ2n) is 14.1. The summed E-state index contributed by atoms with van der Waals surface area (Å²) in [6.07, 6.45) is 7.09. The summed E-state index contributed by atoms with van der Waals surface area (Å²) in [5.74, 6) is 4.11. The van der Waals surface area contributed by atoms with Crippen LogP contribution in [0.1, 0.15) is 43.2 Å². The summed E-state index contributed by atoms with van der Waals surface area (Å²) < 4.78 is 5.67.